The quantitative estimate of drug-likeness (QED) is 0.789. The Kier molecular flexibility index (Phi) is 3.13. The number of thiazole rings is 1. The fourth-order valence-corrected chi connectivity index (χ4v) is 2.72. The molecule has 5 heteroatoms. The molecule has 2 aromatic heterocycles. The number of nitrogens with zero attached hydrogens (tertiary/aromatic N) is 2. The highest BCUT2D eigenvalue weighted by molar-refractivity contribution is 7.22. The van der Waals surface area contributed by atoms with Crippen LogP contribution in [-0.4, -0.2) is 9.97 Å². The summed E-state index contributed by atoms with van der Waals surface area (Å²) in [6, 6.07) is 8.56. The number of aryl methyl sites for hydroxylation is 1. The molecule has 0 saturated heterocycles. The first-order chi connectivity index (χ1) is 9.22. The third kappa shape index (κ3) is 2.56. The standard InChI is InChI=1S/C14H12FN3S/c1-9-3-2-6-16-12(9)8-17-14-18-11-5-4-10(15)7-13(11)19-14/h2-7H,8H2,1H3,(H,17,18). The zero-order chi connectivity index (χ0) is 13.2. The lowest BCUT2D eigenvalue weighted by atomic mass is 10.2. The molecule has 0 aliphatic heterocycles. The van der Waals surface area contributed by atoms with Crippen LogP contribution >= 0.6 is 11.3 Å². The molecule has 0 bridgehead atoms. The van der Waals surface area contributed by atoms with Crippen molar-refractivity contribution in [2.24, 2.45) is 0 Å². The molecule has 0 aliphatic carbocycles. The number of fused-ring (bicyclic) bond motifs is 1. The number of halogens is 1. The molecule has 0 spiro atoms. The maximum atomic E-state index is 13.1. The molecular formula is C14H12FN3S. The summed E-state index contributed by atoms with van der Waals surface area (Å²) < 4.78 is 13.9. The minimum Gasteiger partial charge on any atom is -0.356 e. The second-order valence-electron chi connectivity index (χ2n) is 4.25. The number of hydrogen-bond acceptors (Lipinski definition) is 4. The van der Waals surface area contributed by atoms with Gasteiger partial charge >= 0.3 is 0 Å². The van der Waals surface area contributed by atoms with E-state index in [1.807, 2.05) is 19.1 Å². The SMILES string of the molecule is Cc1cccnc1CNc1nc2ccc(F)cc2s1. The van der Waals surface area contributed by atoms with Gasteiger partial charge < -0.3 is 5.32 Å². The molecule has 0 amide bonds. The van der Waals surface area contributed by atoms with Crippen molar-refractivity contribution in [2.75, 3.05) is 5.32 Å². The Morgan fingerprint density at radius 2 is 2.21 bits per heavy atom. The molecule has 1 aromatic carbocycles. The van der Waals surface area contributed by atoms with E-state index in [9.17, 15) is 4.39 Å². The lowest BCUT2D eigenvalue weighted by Crippen LogP contribution is -2.02. The number of anilines is 1. The number of nitrogens with one attached hydrogen (secondary N) is 1. The molecule has 96 valence electrons. The highest BCUT2D eigenvalue weighted by Gasteiger charge is 2.05. The van der Waals surface area contributed by atoms with Gasteiger partial charge in [0.05, 0.1) is 22.5 Å². The summed E-state index contributed by atoms with van der Waals surface area (Å²) in [5.74, 6) is -0.233. The number of pyridine rings is 1. The third-order valence-electron chi connectivity index (χ3n) is 2.88. The lowest BCUT2D eigenvalue weighted by molar-refractivity contribution is 0.630. The Labute approximate surface area is 114 Å². The molecule has 0 aliphatic rings. The van der Waals surface area contributed by atoms with E-state index in [0.717, 1.165) is 26.6 Å². The Morgan fingerprint density at radius 1 is 1.32 bits per heavy atom. The normalized spacial score (nSPS) is 10.8. The molecule has 0 unspecified atom stereocenters. The van der Waals surface area contributed by atoms with Crippen molar-refractivity contribution in [3.05, 3.63) is 53.6 Å². The average molecular weight is 273 g/mol. The van der Waals surface area contributed by atoms with Crippen molar-refractivity contribution in [3.63, 3.8) is 0 Å². The van der Waals surface area contributed by atoms with Gasteiger partial charge in [0.1, 0.15) is 5.82 Å². The van der Waals surface area contributed by atoms with Gasteiger partial charge in [0.15, 0.2) is 5.13 Å². The molecular weight excluding hydrogens is 261 g/mol. The molecule has 0 atom stereocenters. The number of rotatable bonds is 3. The summed E-state index contributed by atoms with van der Waals surface area (Å²) in [4.78, 5) is 8.73. The first-order valence-corrected chi connectivity index (χ1v) is 6.74. The zero-order valence-electron chi connectivity index (χ0n) is 10.4. The number of benzene rings is 1. The molecule has 19 heavy (non-hydrogen) atoms. The van der Waals surface area contributed by atoms with E-state index >= 15 is 0 Å². The Balaban J connectivity index is 1.80. The molecule has 3 nitrogen and oxygen atoms in total. The van der Waals surface area contributed by atoms with Crippen molar-refractivity contribution in [1.29, 1.82) is 0 Å². The molecule has 2 heterocycles. The Bertz CT molecular complexity index is 724. The summed E-state index contributed by atoms with van der Waals surface area (Å²) >= 11 is 1.45. The number of hydrogen-bond donors (Lipinski definition) is 1. The monoisotopic (exact) mass is 273 g/mol. The van der Waals surface area contributed by atoms with E-state index < -0.39 is 0 Å². The van der Waals surface area contributed by atoms with Gasteiger partial charge in [0.25, 0.3) is 0 Å². The highest BCUT2D eigenvalue weighted by atomic mass is 32.1. The zero-order valence-corrected chi connectivity index (χ0v) is 11.2. The van der Waals surface area contributed by atoms with E-state index in [1.165, 1.54) is 23.5 Å². The van der Waals surface area contributed by atoms with Crippen LogP contribution in [0.4, 0.5) is 9.52 Å². The minimum absolute atomic E-state index is 0.233. The van der Waals surface area contributed by atoms with Gasteiger partial charge in [0, 0.05) is 6.20 Å². The summed E-state index contributed by atoms with van der Waals surface area (Å²) in [5, 5.41) is 4.02. The second-order valence-corrected chi connectivity index (χ2v) is 5.28. The van der Waals surface area contributed by atoms with E-state index in [4.69, 9.17) is 0 Å². The summed E-state index contributed by atoms with van der Waals surface area (Å²) in [5.41, 5.74) is 2.95. The molecule has 0 fully saturated rings. The van der Waals surface area contributed by atoms with Crippen LogP contribution in [0.2, 0.25) is 0 Å². The van der Waals surface area contributed by atoms with Gasteiger partial charge in [-0.1, -0.05) is 17.4 Å². The Hall–Kier alpha value is -2.01. The van der Waals surface area contributed by atoms with E-state index in [1.54, 1.807) is 12.3 Å². The van der Waals surface area contributed by atoms with Crippen molar-refractivity contribution in [3.8, 4) is 0 Å². The lowest BCUT2D eigenvalue weighted by Gasteiger charge is -2.04. The van der Waals surface area contributed by atoms with Crippen molar-refractivity contribution in [2.45, 2.75) is 13.5 Å². The smallest absolute Gasteiger partial charge is 0.184 e. The van der Waals surface area contributed by atoms with Crippen LogP contribution in [0.3, 0.4) is 0 Å². The molecule has 1 N–H and O–H groups in total. The molecule has 0 saturated carbocycles. The average Bonchev–Trinajstić information content (AvgIpc) is 2.79. The van der Waals surface area contributed by atoms with Crippen LogP contribution in [0.5, 0.6) is 0 Å². The van der Waals surface area contributed by atoms with Crippen LogP contribution in [-0.2, 0) is 6.54 Å². The summed E-state index contributed by atoms with van der Waals surface area (Å²) in [6.45, 7) is 2.65. The predicted octanol–water partition coefficient (Wildman–Crippen LogP) is 3.75. The maximum absolute atomic E-state index is 13.1. The first kappa shape index (κ1) is 12.0. The highest BCUT2D eigenvalue weighted by Crippen LogP contribution is 2.26. The predicted molar refractivity (Wildman–Crippen MR) is 75.9 cm³/mol. The second kappa shape index (κ2) is 4.93. The molecule has 3 rings (SSSR count). The van der Waals surface area contributed by atoms with E-state index in [-0.39, 0.29) is 5.82 Å². The molecule has 0 radical (unpaired) electrons. The maximum Gasteiger partial charge on any atom is 0.184 e. The summed E-state index contributed by atoms with van der Waals surface area (Å²) in [6.07, 6.45) is 1.78. The minimum atomic E-state index is -0.233. The largest absolute Gasteiger partial charge is 0.356 e. The van der Waals surface area contributed by atoms with Gasteiger partial charge in [-0.3, -0.25) is 4.98 Å². The van der Waals surface area contributed by atoms with Gasteiger partial charge in [-0.05, 0) is 36.8 Å². The van der Waals surface area contributed by atoms with Gasteiger partial charge in [-0.2, -0.15) is 0 Å². The fraction of sp³-hybridized carbons (Fsp3) is 0.143. The van der Waals surface area contributed by atoms with Crippen LogP contribution in [0.1, 0.15) is 11.3 Å². The van der Waals surface area contributed by atoms with E-state index in [0.29, 0.717) is 6.54 Å². The van der Waals surface area contributed by atoms with Gasteiger partial charge in [-0.15, -0.1) is 0 Å². The topological polar surface area (TPSA) is 37.8 Å². The summed E-state index contributed by atoms with van der Waals surface area (Å²) in [7, 11) is 0. The van der Waals surface area contributed by atoms with Crippen molar-refractivity contribution in [1.82, 2.24) is 9.97 Å². The van der Waals surface area contributed by atoms with Crippen molar-refractivity contribution < 1.29 is 4.39 Å². The van der Waals surface area contributed by atoms with Gasteiger partial charge in [0.2, 0.25) is 0 Å². The van der Waals surface area contributed by atoms with Crippen LogP contribution < -0.4 is 5.32 Å². The van der Waals surface area contributed by atoms with Crippen LogP contribution in [0.25, 0.3) is 10.2 Å². The van der Waals surface area contributed by atoms with Crippen LogP contribution in [0, 0.1) is 12.7 Å². The third-order valence-corrected chi connectivity index (χ3v) is 3.85. The van der Waals surface area contributed by atoms with Gasteiger partial charge in [-0.25, -0.2) is 9.37 Å². The first-order valence-electron chi connectivity index (χ1n) is 5.93. The van der Waals surface area contributed by atoms with E-state index in [2.05, 4.69) is 15.3 Å². The fourth-order valence-electron chi connectivity index (χ4n) is 1.84. The van der Waals surface area contributed by atoms with Crippen molar-refractivity contribution >= 4 is 26.7 Å². The van der Waals surface area contributed by atoms with Crippen LogP contribution in [0.15, 0.2) is 36.5 Å². The number of aromatic nitrogens is 2. The Morgan fingerprint density at radius 3 is 3.05 bits per heavy atom. The molecule has 3 aromatic rings.